The lowest BCUT2D eigenvalue weighted by Gasteiger charge is -2.53. The van der Waals surface area contributed by atoms with Crippen molar-refractivity contribution in [1.82, 2.24) is 9.71 Å². The van der Waals surface area contributed by atoms with Gasteiger partial charge in [0.25, 0.3) is 0 Å². The first kappa shape index (κ1) is 22.3. The van der Waals surface area contributed by atoms with Crippen LogP contribution in [0.1, 0.15) is 42.4 Å². The van der Waals surface area contributed by atoms with E-state index in [4.69, 9.17) is 5.73 Å². The quantitative estimate of drug-likeness (QED) is 0.622. The van der Waals surface area contributed by atoms with Crippen LogP contribution in [0.4, 0.5) is 8.78 Å². The molecule has 0 radical (unpaired) electrons. The van der Waals surface area contributed by atoms with Crippen molar-refractivity contribution in [2.45, 2.75) is 37.5 Å². The van der Waals surface area contributed by atoms with Crippen LogP contribution < -0.4 is 10.5 Å². The molecule has 1 unspecified atom stereocenters. The summed E-state index contributed by atoms with van der Waals surface area (Å²) in [4.78, 5) is 20.9. The van der Waals surface area contributed by atoms with Crippen molar-refractivity contribution in [3.05, 3.63) is 65.0 Å². The van der Waals surface area contributed by atoms with E-state index in [-0.39, 0.29) is 35.0 Å². The molecule has 3 rings (SSSR count). The summed E-state index contributed by atoms with van der Waals surface area (Å²) in [6, 6.07) is 6.84. The predicted molar refractivity (Wildman–Crippen MR) is 116 cm³/mol. The van der Waals surface area contributed by atoms with Gasteiger partial charge in [-0.1, -0.05) is 16.6 Å². The van der Waals surface area contributed by atoms with E-state index in [1.165, 1.54) is 24.3 Å². The molecule has 1 aliphatic rings. The Balaban J connectivity index is 1.98. The van der Waals surface area contributed by atoms with Gasteiger partial charge >= 0.3 is 0 Å². The third-order valence-electron chi connectivity index (χ3n) is 5.64. The van der Waals surface area contributed by atoms with Crippen LogP contribution in [0.2, 0.25) is 0 Å². The second kappa shape index (κ2) is 7.72. The molecule has 1 aromatic carbocycles. The molecule has 0 amide bonds. The summed E-state index contributed by atoms with van der Waals surface area (Å²) in [5, 5.41) is 0. The smallest absolute Gasteiger partial charge is 0.185 e. The lowest BCUT2D eigenvalue weighted by Crippen LogP contribution is -2.55. The molecule has 6 nitrogen and oxygen atoms in total. The third kappa shape index (κ3) is 3.84. The van der Waals surface area contributed by atoms with Gasteiger partial charge in [-0.05, 0) is 57.6 Å². The number of benzene rings is 1. The molecule has 2 aromatic rings. The number of nitrogens with one attached hydrogen (secondary N) is 1. The number of carbonyl (C=O) groups is 1. The number of hydrogen-bond donors (Lipinski definition) is 3. The molecule has 9 heteroatoms. The first-order valence-corrected chi connectivity index (χ1v) is 11.2. The minimum absolute atomic E-state index is 0.0319. The van der Waals surface area contributed by atoms with Gasteiger partial charge < -0.3 is 10.3 Å². The minimum atomic E-state index is -2.45. The average molecular weight is 437 g/mol. The lowest BCUT2D eigenvalue weighted by atomic mass is 9.90. The summed E-state index contributed by atoms with van der Waals surface area (Å²) in [5.41, 5.74) is 6.02. The Morgan fingerprint density at radius 2 is 1.97 bits per heavy atom. The fourth-order valence-electron chi connectivity index (χ4n) is 3.57. The first-order valence-electron chi connectivity index (χ1n) is 9.43. The summed E-state index contributed by atoms with van der Waals surface area (Å²) in [7, 11) is -0.796. The average Bonchev–Trinajstić information content (AvgIpc) is 2.68. The maximum atomic E-state index is 14.8. The zero-order valence-corrected chi connectivity index (χ0v) is 18.2. The number of halogens is 2. The number of amidine groups is 1. The monoisotopic (exact) mass is 436 g/mol. The van der Waals surface area contributed by atoms with Crippen molar-refractivity contribution in [2.24, 2.45) is 10.7 Å². The Bertz CT molecular complexity index is 1010. The van der Waals surface area contributed by atoms with Gasteiger partial charge in [-0.15, -0.1) is 0 Å². The lowest BCUT2D eigenvalue weighted by molar-refractivity contribution is 0.0988. The minimum Gasteiger partial charge on any atom is -0.386 e. The highest BCUT2D eigenvalue weighted by molar-refractivity contribution is 8.29. The Morgan fingerprint density at radius 1 is 1.27 bits per heavy atom. The molecule has 0 saturated carbocycles. The van der Waals surface area contributed by atoms with E-state index in [0.29, 0.717) is 5.56 Å². The molecular formula is C21H26F2N4O2S. The van der Waals surface area contributed by atoms with Crippen LogP contribution in [0, 0.1) is 11.6 Å². The van der Waals surface area contributed by atoms with Gasteiger partial charge in [0.2, 0.25) is 0 Å². The van der Waals surface area contributed by atoms with Crippen molar-refractivity contribution in [3.63, 3.8) is 0 Å². The largest absolute Gasteiger partial charge is 0.386 e. The Hall–Kier alpha value is -2.36. The van der Waals surface area contributed by atoms with Crippen LogP contribution in [0.5, 0.6) is 0 Å². The summed E-state index contributed by atoms with van der Waals surface area (Å²) in [5.74, 6) is -0.943. The van der Waals surface area contributed by atoms with Crippen LogP contribution >= 0.6 is 10.5 Å². The fourth-order valence-corrected chi connectivity index (χ4v) is 6.01. The molecule has 0 bridgehead atoms. The van der Waals surface area contributed by atoms with Crippen molar-refractivity contribution in [3.8, 4) is 0 Å². The van der Waals surface area contributed by atoms with Crippen LogP contribution in [0.3, 0.4) is 0 Å². The summed E-state index contributed by atoms with van der Waals surface area (Å²) < 4.78 is 41.3. The molecule has 2 atom stereocenters. The topological polar surface area (TPSA) is 101 Å². The molecule has 1 aliphatic heterocycles. The summed E-state index contributed by atoms with van der Waals surface area (Å²) in [6.07, 6.45) is 0.947. The van der Waals surface area contributed by atoms with Crippen LogP contribution in [-0.2, 0) is 12.0 Å². The van der Waals surface area contributed by atoms with E-state index < -0.39 is 32.4 Å². The zero-order chi connectivity index (χ0) is 22.3. The highest BCUT2D eigenvalue weighted by Crippen LogP contribution is 2.59. The van der Waals surface area contributed by atoms with Crippen molar-refractivity contribution in [1.29, 1.82) is 0 Å². The van der Waals surface area contributed by atoms with E-state index >= 15 is 0 Å². The number of rotatable bonds is 5. The molecule has 0 fully saturated rings. The van der Waals surface area contributed by atoms with Crippen LogP contribution in [-0.4, -0.2) is 38.7 Å². The molecule has 2 heterocycles. The molecule has 162 valence electrons. The number of aromatic nitrogens is 1. The van der Waals surface area contributed by atoms with E-state index in [2.05, 4.69) is 14.7 Å². The van der Waals surface area contributed by atoms with Gasteiger partial charge in [0.1, 0.15) is 23.2 Å². The number of nitrogens with zero attached hydrogens (tertiary/aromatic N) is 2. The molecule has 0 saturated heterocycles. The number of Topliss-reactive ketones (excluding diaryl/α,β-unsaturated/α-hetero) is 1. The summed E-state index contributed by atoms with van der Waals surface area (Å²) >= 11 is 0. The zero-order valence-electron chi connectivity index (χ0n) is 17.4. The predicted octanol–water partition coefficient (Wildman–Crippen LogP) is 3.56. The number of carbonyl (C=O) groups excluding carboxylic acids is 1. The van der Waals surface area contributed by atoms with Gasteiger partial charge in [0.15, 0.2) is 5.78 Å². The number of nitrogens with two attached hydrogens (primary N) is 1. The van der Waals surface area contributed by atoms with Gasteiger partial charge in [-0.2, -0.15) is 0 Å². The first-order chi connectivity index (χ1) is 13.9. The number of pyridine rings is 1. The molecule has 30 heavy (non-hydrogen) atoms. The van der Waals surface area contributed by atoms with Gasteiger partial charge in [-0.25, -0.2) is 8.78 Å². The highest BCUT2D eigenvalue weighted by atomic mass is 32.3. The Kier molecular flexibility index (Phi) is 5.74. The van der Waals surface area contributed by atoms with Crippen LogP contribution in [0.25, 0.3) is 0 Å². The van der Waals surface area contributed by atoms with Gasteiger partial charge in [0, 0.05) is 17.7 Å². The molecule has 4 N–H and O–H groups in total. The van der Waals surface area contributed by atoms with Gasteiger partial charge in [0.05, 0.1) is 16.5 Å². The van der Waals surface area contributed by atoms with Crippen molar-refractivity contribution < 1.29 is 18.1 Å². The highest BCUT2D eigenvalue weighted by Gasteiger charge is 2.51. The van der Waals surface area contributed by atoms with E-state index in [1.807, 2.05) is 0 Å². The Labute approximate surface area is 176 Å². The maximum Gasteiger partial charge on any atom is 0.185 e. The fraction of sp³-hybridized carbons (Fsp3) is 0.381. The standard InChI is InChI=1S/C21H26F2N4O2S/c1-20(2)19(24)27-21(3,12-30(20,29)25-4)15-9-13(5-7-16(15)23)10-18(28)17-8-6-14(22)11-26-17/h5-9,11,25,29H,10,12H2,1-4H3,(H2,24,27)/t21-/m0/s1. The summed E-state index contributed by atoms with van der Waals surface area (Å²) in [6.45, 7) is 5.33. The molecule has 0 spiro atoms. The van der Waals surface area contributed by atoms with E-state index in [0.717, 1.165) is 6.20 Å². The number of ketones is 1. The van der Waals surface area contributed by atoms with Gasteiger partial charge in [-0.3, -0.25) is 19.5 Å². The molecular weight excluding hydrogens is 410 g/mol. The normalized spacial score (nSPS) is 27.8. The Morgan fingerprint density at radius 3 is 2.57 bits per heavy atom. The van der Waals surface area contributed by atoms with E-state index in [1.54, 1.807) is 33.9 Å². The van der Waals surface area contributed by atoms with E-state index in [9.17, 15) is 18.1 Å². The number of hydrogen-bond acceptors (Lipinski definition) is 6. The molecule has 0 aliphatic carbocycles. The third-order valence-corrected chi connectivity index (χ3v) is 9.20. The second-order valence-electron chi connectivity index (χ2n) is 8.11. The van der Waals surface area contributed by atoms with Crippen molar-refractivity contribution in [2.75, 3.05) is 12.8 Å². The maximum absolute atomic E-state index is 14.8. The van der Waals surface area contributed by atoms with Crippen LogP contribution in [0.15, 0.2) is 41.5 Å². The van der Waals surface area contributed by atoms with Crippen molar-refractivity contribution >= 4 is 22.1 Å². The molecule has 1 aromatic heterocycles. The second-order valence-corrected chi connectivity index (χ2v) is 11.2. The number of aliphatic imine (C=N–C) groups is 1. The SMILES string of the molecule is CNS1(O)C[C@@](C)(c2cc(CC(=O)c3ccc(F)cn3)ccc2F)N=C(N)C1(C)C.